The highest BCUT2D eigenvalue weighted by Gasteiger charge is 2.26. The van der Waals surface area contributed by atoms with Crippen molar-refractivity contribution in [2.24, 2.45) is 0 Å². The quantitative estimate of drug-likeness (QED) is 0.782. The lowest BCUT2D eigenvalue weighted by atomic mass is 10.1. The van der Waals surface area contributed by atoms with Crippen LogP contribution in [0.15, 0.2) is 41.8 Å². The van der Waals surface area contributed by atoms with E-state index in [0.29, 0.717) is 31.7 Å². The molecule has 150 valence electrons. The van der Waals surface area contributed by atoms with Gasteiger partial charge in [-0.2, -0.15) is 0 Å². The first-order valence-corrected chi connectivity index (χ1v) is 10.5. The van der Waals surface area contributed by atoms with Crippen LogP contribution in [0.25, 0.3) is 0 Å². The Morgan fingerprint density at radius 2 is 1.82 bits per heavy atom. The standard InChI is InChI=1S/C21H27N3O3S/c1-15-13-24(14-16(2)27-15)20(25)18-7-5-17(6-8-18)12-23-21(26)22-10-9-19-4-3-11-28-19/h3-8,11,15-16H,9-10,12-14H2,1-2H3,(H2,22,23,26)/t15-,16-/m1/s1. The second-order valence-corrected chi connectivity index (χ2v) is 8.14. The largest absolute Gasteiger partial charge is 0.372 e. The van der Waals surface area contributed by atoms with Crippen LogP contribution in [0.4, 0.5) is 4.79 Å². The first-order valence-electron chi connectivity index (χ1n) is 9.59. The van der Waals surface area contributed by atoms with E-state index in [0.717, 1.165) is 12.0 Å². The zero-order valence-electron chi connectivity index (χ0n) is 16.3. The molecule has 3 rings (SSSR count). The number of amides is 3. The molecule has 0 saturated carbocycles. The monoisotopic (exact) mass is 401 g/mol. The molecule has 1 aromatic carbocycles. The summed E-state index contributed by atoms with van der Waals surface area (Å²) < 4.78 is 5.69. The molecule has 1 fully saturated rings. The van der Waals surface area contributed by atoms with Gasteiger partial charge in [-0.3, -0.25) is 4.79 Å². The van der Waals surface area contributed by atoms with Crippen LogP contribution in [-0.4, -0.2) is 48.7 Å². The number of hydrogen-bond acceptors (Lipinski definition) is 4. The van der Waals surface area contributed by atoms with Crippen molar-refractivity contribution < 1.29 is 14.3 Å². The molecule has 0 aliphatic carbocycles. The van der Waals surface area contributed by atoms with Gasteiger partial charge < -0.3 is 20.3 Å². The smallest absolute Gasteiger partial charge is 0.315 e. The maximum atomic E-state index is 12.7. The molecule has 0 spiro atoms. The van der Waals surface area contributed by atoms with Gasteiger partial charge in [-0.1, -0.05) is 18.2 Å². The average Bonchev–Trinajstić information content (AvgIpc) is 3.19. The molecule has 0 unspecified atom stereocenters. The van der Waals surface area contributed by atoms with E-state index in [1.807, 2.05) is 54.5 Å². The molecule has 7 heteroatoms. The van der Waals surface area contributed by atoms with Crippen LogP contribution >= 0.6 is 11.3 Å². The summed E-state index contributed by atoms with van der Waals surface area (Å²) in [5.74, 6) is 0.0211. The van der Waals surface area contributed by atoms with Gasteiger partial charge >= 0.3 is 6.03 Å². The minimum atomic E-state index is -0.187. The third-order valence-corrected chi connectivity index (χ3v) is 5.53. The van der Waals surface area contributed by atoms with Crippen molar-refractivity contribution in [3.05, 3.63) is 57.8 Å². The molecule has 28 heavy (non-hydrogen) atoms. The maximum Gasteiger partial charge on any atom is 0.315 e. The van der Waals surface area contributed by atoms with Crippen LogP contribution in [0.2, 0.25) is 0 Å². The van der Waals surface area contributed by atoms with Gasteiger partial charge in [0.2, 0.25) is 0 Å². The summed E-state index contributed by atoms with van der Waals surface area (Å²) in [5.41, 5.74) is 1.61. The molecule has 1 aliphatic rings. The Bertz CT molecular complexity index is 767. The highest BCUT2D eigenvalue weighted by Crippen LogP contribution is 2.15. The van der Waals surface area contributed by atoms with Gasteiger partial charge in [-0.05, 0) is 49.4 Å². The highest BCUT2D eigenvalue weighted by molar-refractivity contribution is 7.09. The molecule has 2 heterocycles. The van der Waals surface area contributed by atoms with Gasteiger partial charge in [-0.15, -0.1) is 11.3 Å². The van der Waals surface area contributed by atoms with Gasteiger partial charge in [0.25, 0.3) is 5.91 Å². The number of carbonyl (C=O) groups is 2. The lowest BCUT2D eigenvalue weighted by molar-refractivity contribution is -0.0586. The molecule has 6 nitrogen and oxygen atoms in total. The molecule has 0 radical (unpaired) electrons. The zero-order chi connectivity index (χ0) is 19.9. The molecule has 1 saturated heterocycles. The molecule has 1 aliphatic heterocycles. The fourth-order valence-electron chi connectivity index (χ4n) is 3.29. The fourth-order valence-corrected chi connectivity index (χ4v) is 4.00. The van der Waals surface area contributed by atoms with Crippen LogP contribution in [0.5, 0.6) is 0 Å². The van der Waals surface area contributed by atoms with Gasteiger partial charge in [0.05, 0.1) is 12.2 Å². The SMILES string of the molecule is C[C@@H]1CN(C(=O)c2ccc(CNC(=O)NCCc3cccs3)cc2)C[C@@H](C)O1. The van der Waals surface area contributed by atoms with Crippen LogP contribution in [0.1, 0.15) is 34.6 Å². The van der Waals surface area contributed by atoms with E-state index in [-0.39, 0.29) is 24.1 Å². The summed E-state index contributed by atoms with van der Waals surface area (Å²) in [7, 11) is 0. The minimum Gasteiger partial charge on any atom is -0.372 e. The van der Waals surface area contributed by atoms with E-state index in [9.17, 15) is 9.59 Å². The molecule has 1 aromatic heterocycles. The molecular formula is C21H27N3O3S. The summed E-state index contributed by atoms with van der Waals surface area (Å²) >= 11 is 1.69. The highest BCUT2D eigenvalue weighted by atomic mass is 32.1. The Balaban J connectivity index is 1.43. The predicted octanol–water partition coefficient (Wildman–Crippen LogP) is 3.04. The second-order valence-electron chi connectivity index (χ2n) is 7.10. The van der Waals surface area contributed by atoms with Crippen molar-refractivity contribution in [1.29, 1.82) is 0 Å². The third-order valence-electron chi connectivity index (χ3n) is 4.60. The Morgan fingerprint density at radius 3 is 2.46 bits per heavy atom. The van der Waals surface area contributed by atoms with Crippen molar-refractivity contribution in [3.8, 4) is 0 Å². The van der Waals surface area contributed by atoms with Crippen molar-refractivity contribution in [3.63, 3.8) is 0 Å². The van der Waals surface area contributed by atoms with Crippen molar-refractivity contribution in [2.45, 2.75) is 39.0 Å². The molecule has 2 atom stereocenters. The van der Waals surface area contributed by atoms with Gasteiger partial charge in [0.15, 0.2) is 0 Å². The third kappa shape index (κ3) is 5.81. The van der Waals surface area contributed by atoms with Crippen LogP contribution < -0.4 is 10.6 Å². The van der Waals surface area contributed by atoms with E-state index in [4.69, 9.17) is 4.74 Å². The summed E-state index contributed by atoms with van der Waals surface area (Å²) in [4.78, 5) is 27.7. The molecule has 3 amide bonds. The minimum absolute atomic E-state index is 0.0211. The predicted molar refractivity (Wildman–Crippen MR) is 111 cm³/mol. The van der Waals surface area contributed by atoms with E-state index >= 15 is 0 Å². The van der Waals surface area contributed by atoms with Crippen LogP contribution in [0.3, 0.4) is 0 Å². The van der Waals surface area contributed by atoms with Crippen molar-refractivity contribution in [2.75, 3.05) is 19.6 Å². The number of nitrogens with zero attached hydrogens (tertiary/aromatic N) is 1. The first-order chi connectivity index (χ1) is 13.5. The lowest BCUT2D eigenvalue weighted by Crippen LogP contribution is -2.48. The Morgan fingerprint density at radius 1 is 1.11 bits per heavy atom. The van der Waals surface area contributed by atoms with Gasteiger partial charge in [-0.25, -0.2) is 4.79 Å². The number of rotatable bonds is 6. The van der Waals surface area contributed by atoms with E-state index in [1.165, 1.54) is 4.88 Å². The topological polar surface area (TPSA) is 70.7 Å². The van der Waals surface area contributed by atoms with Gasteiger partial charge in [0, 0.05) is 36.6 Å². The number of thiophene rings is 1. The zero-order valence-corrected chi connectivity index (χ0v) is 17.1. The molecule has 2 N–H and O–H groups in total. The van der Waals surface area contributed by atoms with Crippen molar-refractivity contribution in [1.82, 2.24) is 15.5 Å². The van der Waals surface area contributed by atoms with Gasteiger partial charge in [0.1, 0.15) is 0 Å². The first kappa shape index (κ1) is 20.4. The Labute approximate surface area is 169 Å². The lowest BCUT2D eigenvalue weighted by Gasteiger charge is -2.35. The fraction of sp³-hybridized carbons (Fsp3) is 0.429. The molecule has 0 bridgehead atoms. The Kier molecular flexibility index (Phi) is 7.06. The normalized spacial score (nSPS) is 19.3. The number of nitrogens with one attached hydrogen (secondary N) is 2. The van der Waals surface area contributed by atoms with E-state index in [2.05, 4.69) is 16.7 Å². The van der Waals surface area contributed by atoms with E-state index < -0.39 is 0 Å². The summed E-state index contributed by atoms with van der Waals surface area (Å²) in [6.45, 7) is 6.21. The van der Waals surface area contributed by atoms with Crippen molar-refractivity contribution >= 4 is 23.3 Å². The maximum absolute atomic E-state index is 12.7. The summed E-state index contributed by atoms with van der Waals surface area (Å²) in [6, 6.07) is 11.3. The Hall–Kier alpha value is -2.38. The van der Waals surface area contributed by atoms with E-state index in [1.54, 1.807) is 11.3 Å². The average molecular weight is 402 g/mol. The summed E-state index contributed by atoms with van der Waals surface area (Å²) in [6.07, 6.45) is 0.935. The summed E-state index contributed by atoms with van der Waals surface area (Å²) in [5, 5.41) is 7.73. The second kappa shape index (κ2) is 9.71. The number of hydrogen-bond donors (Lipinski definition) is 2. The molecular weight excluding hydrogens is 374 g/mol. The molecule has 2 aromatic rings. The van der Waals surface area contributed by atoms with Crippen LogP contribution in [0, 0.1) is 0 Å². The number of carbonyl (C=O) groups excluding carboxylic acids is 2. The van der Waals surface area contributed by atoms with Crippen LogP contribution in [-0.2, 0) is 17.7 Å². The number of benzene rings is 1. The number of morpholine rings is 1. The number of ether oxygens (including phenoxy) is 1. The number of urea groups is 1.